The van der Waals surface area contributed by atoms with Gasteiger partial charge in [0.1, 0.15) is 5.78 Å². The van der Waals surface area contributed by atoms with Crippen LogP contribution >= 0.6 is 11.8 Å². The van der Waals surface area contributed by atoms with Crippen LogP contribution in [0.2, 0.25) is 0 Å². The molecule has 0 spiro atoms. The van der Waals surface area contributed by atoms with E-state index in [-0.39, 0.29) is 17.1 Å². The van der Waals surface area contributed by atoms with Gasteiger partial charge in [-0.1, -0.05) is 18.2 Å². The maximum absolute atomic E-state index is 11.5. The lowest BCUT2D eigenvalue weighted by atomic mass is 10.0. The average molecular weight is 278 g/mol. The third kappa shape index (κ3) is 4.10. The van der Waals surface area contributed by atoms with Crippen LogP contribution in [-0.4, -0.2) is 24.1 Å². The molecule has 2 rings (SSSR count). The van der Waals surface area contributed by atoms with Gasteiger partial charge < -0.3 is 4.74 Å². The van der Waals surface area contributed by atoms with E-state index in [1.165, 1.54) is 7.11 Å². The number of hydrogen-bond donors (Lipinski definition) is 0. The van der Waals surface area contributed by atoms with Gasteiger partial charge in [-0.05, 0) is 24.5 Å². The number of rotatable bonds is 5. The van der Waals surface area contributed by atoms with Crippen molar-refractivity contribution < 1.29 is 14.3 Å². The van der Waals surface area contributed by atoms with Crippen molar-refractivity contribution in [3.05, 3.63) is 30.3 Å². The standard InChI is InChI=1S/C15H18O3S/c1-18-15(17)10-14(11-7-8-12(16)9-11)19-13-5-3-2-4-6-13/h2-6,11,14H,7-10H2,1H3. The fourth-order valence-corrected chi connectivity index (χ4v) is 3.69. The molecular weight excluding hydrogens is 260 g/mol. The predicted molar refractivity (Wildman–Crippen MR) is 75.1 cm³/mol. The maximum atomic E-state index is 11.5. The largest absolute Gasteiger partial charge is 0.469 e. The molecule has 0 aromatic heterocycles. The monoisotopic (exact) mass is 278 g/mol. The minimum absolute atomic E-state index is 0.126. The molecule has 0 radical (unpaired) electrons. The van der Waals surface area contributed by atoms with Gasteiger partial charge in [0.05, 0.1) is 13.5 Å². The molecule has 0 amide bonds. The molecule has 2 atom stereocenters. The molecule has 3 nitrogen and oxygen atoms in total. The van der Waals surface area contributed by atoms with Crippen LogP contribution in [0.4, 0.5) is 0 Å². The summed E-state index contributed by atoms with van der Waals surface area (Å²) in [5.41, 5.74) is 0. The van der Waals surface area contributed by atoms with Crippen molar-refractivity contribution in [2.75, 3.05) is 7.11 Å². The van der Waals surface area contributed by atoms with Gasteiger partial charge in [0.25, 0.3) is 0 Å². The van der Waals surface area contributed by atoms with Crippen LogP contribution in [-0.2, 0) is 14.3 Å². The average Bonchev–Trinajstić information content (AvgIpc) is 2.85. The first-order valence-corrected chi connectivity index (χ1v) is 7.37. The number of thioether (sulfide) groups is 1. The highest BCUT2D eigenvalue weighted by Gasteiger charge is 2.31. The molecule has 1 aromatic rings. The van der Waals surface area contributed by atoms with E-state index in [1.54, 1.807) is 11.8 Å². The van der Waals surface area contributed by atoms with Gasteiger partial charge in [-0.15, -0.1) is 11.8 Å². The Morgan fingerprint density at radius 2 is 2.16 bits per heavy atom. The molecule has 1 fully saturated rings. The van der Waals surface area contributed by atoms with E-state index < -0.39 is 0 Å². The Morgan fingerprint density at radius 3 is 2.74 bits per heavy atom. The van der Waals surface area contributed by atoms with Crippen LogP contribution in [0.3, 0.4) is 0 Å². The van der Waals surface area contributed by atoms with Crippen molar-refractivity contribution in [3.8, 4) is 0 Å². The van der Waals surface area contributed by atoms with Crippen molar-refractivity contribution in [1.82, 2.24) is 0 Å². The van der Waals surface area contributed by atoms with E-state index in [1.807, 2.05) is 30.3 Å². The Balaban J connectivity index is 2.05. The number of ketones is 1. The zero-order valence-electron chi connectivity index (χ0n) is 11.0. The first-order chi connectivity index (χ1) is 9.19. The molecule has 2 unspecified atom stereocenters. The van der Waals surface area contributed by atoms with E-state index in [0.29, 0.717) is 25.0 Å². The summed E-state index contributed by atoms with van der Waals surface area (Å²) < 4.78 is 4.77. The summed E-state index contributed by atoms with van der Waals surface area (Å²) in [6, 6.07) is 10.0. The molecular formula is C15H18O3S. The number of carbonyl (C=O) groups is 2. The van der Waals surface area contributed by atoms with Gasteiger partial charge in [-0.2, -0.15) is 0 Å². The molecule has 1 aromatic carbocycles. The maximum Gasteiger partial charge on any atom is 0.306 e. The summed E-state index contributed by atoms with van der Waals surface area (Å²) in [6.07, 6.45) is 2.51. The molecule has 4 heteroatoms. The molecule has 1 saturated carbocycles. The zero-order chi connectivity index (χ0) is 13.7. The van der Waals surface area contributed by atoms with Crippen LogP contribution in [0, 0.1) is 5.92 Å². The smallest absolute Gasteiger partial charge is 0.306 e. The van der Waals surface area contributed by atoms with Crippen molar-refractivity contribution in [1.29, 1.82) is 0 Å². The van der Waals surface area contributed by atoms with E-state index in [9.17, 15) is 9.59 Å². The van der Waals surface area contributed by atoms with Crippen molar-refractivity contribution in [2.24, 2.45) is 5.92 Å². The minimum atomic E-state index is -0.201. The van der Waals surface area contributed by atoms with Crippen LogP contribution in [0.25, 0.3) is 0 Å². The molecule has 102 valence electrons. The molecule has 19 heavy (non-hydrogen) atoms. The Kier molecular flexibility index (Phi) is 5.02. The van der Waals surface area contributed by atoms with Crippen LogP contribution in [0.5, 0.6) is 0 Å². The molecule has 0 bridgehead atoms. The first kappa shape index (κ1) is 14.1. The van der Waals surface area contributed by atoms with Gasteiger partial charge in [0.15, 0.2) is 0 Å². The zero-order valence-corrected chi connectivity index (χ0v) is 11.8. The minimum Gasteiger partial charge on any atom is -0.469 e. The number of esters is 1. The van der Waals surface area contributed by atoms with Crippen molar-refractivity contribution >= 4 is 23.5 Å². The highest BCUT2D eigenvalue weighted by atomic mass is 32.2. The summed E-state index contributed by atoms with van der Waals surface area (Å²) in [7, 11) is 1.41. The Bertz CT molecular complexity index is 444. The number of benzene rings is 1. The fraction of sp³-hybridized carbons (Fsp3) is 0.467. The number of ether oxygens (including phenoxy) is 1. The Labute approximate surface area is 117 Å². The van der Waals surface area contributed by atoms with E-state index >= 15 is 0 Å². The number of Topliss-reactive ketones (excluding diaryl/α,β-unsaturated/α-hetero) is 1. The summed E-state index contributed by atoms with van der Waals surface area (Å²) >= 11 is 1.68. The quantitative estimate of drug-likeness (QED) is 0.613. The lowest BCUT2D eigenvalue weighted by Gasteiger charge is -2.21. The highest BCUT2D eigenvalue weighted by molar-refractivity contribution is 8.00. The third-order valence-electron chi connectivity index (χ3n) is 3.44. The number of methoxy groups -OCH3 is 1. The van der Waals surface area contributed by atoms with E-state index in [4.69, 9.17) is 4.74 Å². The first-order valence-electron chi connectivity index (χ1n) is 6.49. The second kappa shape index (κ2) is 6.75. The molecule has 0 aliphatic heterocycles. The molecule has 1 aliphatic rings. The summed E-state index contributed by atoms with van der Waals surface area (Å²) in [4.78, 5) is 24.1. The fourth-order valence-electron chi connectivity index (χ4n) is 2.39. The number of carbonyl (C=O) groups excluding carboxylic acids is 2. The van der Waals surface area contributed by atoms with Crippen LogP contribution in [0.15, 0.2) is 35.2 Å². The molecule has 1 aliphatic carbocycles. The third-order valence-corrected chi connectivity index (χ3v) is 4.83. The van der Waals surface area contributed by atoms with Crippen LogP contribution in [0.1, 0.15) is 25.7 Å². The summed E-state index contributed by atoms with van der Waals surface area (Å²) in [5, 5.41) is 0.126. The molecule has 0 heterocycles. The molecule has 0 N–H and O–H groups in total. The van der Waals surface area contributed by atoms with Gasteiger partial charge in [-0.25, -0.2) is 0 Å². The van der Waals surface area contributed by atoms with Gasteiger partial charge in [0, 0.05) is 23.0 Å². The Hall–Kier alpha value is -1.29. The summed E-state index contributed by atoms with van der Waals surface area (Å²) in [5.74, 6) is 0.401. The van der Waals surface area contributed by atoms with Gasteiger partial charge >= 0.3 is 5.97 Å². The Morgan fingerprint density at radius 1 is 1.42 bits per heavy atom. The topological polar surface area (TPSA) is 43.4 Å². The normalized spacial score (nSPS) is 20.3. The second-order valence-electron chi connectivity index (χ2n) is 4.79. The second-order valence-corrected chi connectivity index (χ2v) is 6.10. The van der Waals surface area contributed by atoms with Crippen molar-refractivity contribution in [2.45, 2.75) is 35.8 Å². The van der Waals surface area contributed by atoms with E-state index in [2.05, 4.69) is 0 Å². The lowest BCUT2D eigenvalue weighted by Crippen LogP contribution is -2.20. The van der Waals surface area contributed by atoms with Gasteiger partial charge in [-0.3, -0.25) is 9.59 Å². The number of hydrogen-bond acceptors (Lipinski definition) is 4. The SMILES string of the molecule is COC(=O)CC(Sc1ccccc1)C1CCC(=O)C1. The van der Waals surface area contributed by atoms with Gasteiger partial charge in [0.2, 0.25) is 0 Å². The molecule has 0 saturated heterocycles. The highest BCUT2D eigenvalue weighted by Crippen LogP contribution is 2.37. The van der Waals surface area contributed by atoms with Crippen molar-refractivity contribution in [3.63, 3.8) is 0 Å². The lowest BCUT2D eigenvalue weighted by molar-refractivity contribution is -0.140. The summed E-state index contributed by atoms with van der Waals surface area (Å²) in [6.45, 7) is 0. The predicted octanol–water partition coefficient (Wildman–Crippen LogP) is 3.08. The van der Waals surface area contributed by atoms with E-state index in [0.717, 1.165) is 11.3 Å². The van der Waals surface area contributed by atoms with Crippen LogP contribution < -0.4 is 0 Å².